The van der Waals surface area contributed by atoms with Crippen LogP contribution in [0.2, 0.25) is 0 Å². The molecule has 122 valence electrons. The molecule has 0 N–H and O–H groups in total. The number of aryl methyl sites for hydroxylation is 1. The molecule has 0 aliphatic carbocycles. The van der Waals surface area contributed by atoms with Gasteiger partial charge < -0.3 is 9.64 Å². The summed E-state index contributed by atoms with van der Waals surface area (Å²) in [6.45, 7) is 14.7. The van der Waals surface area contributed by atoms with E-state index in [4.69, 9.17) is 4.74 Å². The van der Waals surface area contributed by atoms with Gasteiger partial charge in [0, 0.05) is 44.3 Å². The first-order chi connectivity index (χ1) is 10.7. The number of nitrogens with zero attached hydrogens (tertiary/aromatic N) is 2. The first-order valence-electron chi connectivity index (χ1n) is 8.85. The molecule has 0 aromatic heterocycles. The average molecular weight is 302 g/mol. The summed E-state index contributed by atoms with van der Waals surface area (Å²) < 4.78 is 5.29. The Balaban J connectivity index is 1.60. The van der Waals surface area contributed by atoms with E-state index in [2.05, 4.69) is 48.8 Å². The van der Waals surface area contributed by atoms with Crippen molar-refractivity contribution in [1.82, 2.24) is 4.90 Å². The van der Waals surface area contributed by atoms with Crippen molar-refractivity contribution in [2.75, 3.05) is 50.8 Å². The third kappa shape index (κ3) is 3.47. The molecule has 3 rings (SSSR count). The maximum atomic E-state index is 5.29. The van der Waals surface area contributed by atoms with Crippen LogP contribution in [-0.4, -0.2) is 50.8 Å². The fourth-order valence-electron chi connectivity index (χ4n) is 3.60. The largest absolute Gasteiger partial charge is 0.381 e. The van der Waals surface area contributed by atoms with E-state index in [1.54, 1.807) is 0 Å². The lowest BCUT2D eigenvalue weighted by molar-refractivity contribution is -0.0468. The van der Waals surface area contributed by atoms with Crippen LogP contribution in [0.3, 0.4) is 0 Å². The van der Waals surface area contributed by atoms with Crippen molar-refractivity contribution in [2.45, 2.75) is 33.1 Å². The first kappa shape index (κ1) is 15.8. The van der Waals surface area contributed by atoms with E-state index in [1.165, 1.54) is 36.4 Å². The van der Waals surface area contributed by atoms with E-state index in [9.17, 15) is 0 Å². The molecule has 1 aromatic rings. The van der Waals surface area contributed by atoms with Crippen LogP contribution in [0.1, 0.15) is 37.8 Å². The molecule has 2 aliphatic rings. The molecule has 0 radical (unpaired) electrons. The highest BCUT2D eigenvalue weighted by atomic mass is 16.5. The van der Waals surface area contributed by atoms with Crippen molar-refractivity contribution in [2.24, 2.45) is 5.92 Å². The Labute approximate surface area is 135 Å². The molecule has 2 heterocycles. The summed E-state index contributed by atoms with van der Waals surface area (Å²) in [5.41, 5.74) is 4.43. The van der Waals surface area contributed by atoms with Gasteiger partial charge in [0.2, 0.25) is 0 Å². The third-order valence-electron chi connectivity index (χ3n) is 5.09. The number of benzene rings is 1. The monoisotopic (exact) mass is 302 g/mol. The second-order valence-electron chi connectivity index (χ2n) is 7.08. The molecule has 2 aliphatic heterocycles. The van der Waals surface area contributed by atoms with Crippen molar-refractivity contribution in [3.05, 3.63) is 29.3 Å². The zero-order valence-corrected chi connectivity index (χ0v) is 14.3. The SMILES string of the molecule is CCc1cc(N2CCN(CC3COC3)CC2)ccc1C(C)C. The van der Waals surface area contributed by atoms with Crippen LogP contribution in [0, 0.1) is 5.92 Å². The summed E-state index contributed by atoms with van der Waals surface area (Å²) in [5, 5.41) is 0. The first-order valence-corrected chi connectivity index (χ1v) is 8.85. The van der Waals surface area contributed by atoms with Gasteiger partial charge in [0.15, 0.2) is 0 Å². The predicted molar refractivity (Wildman–Crippen MR) is 92.9 cm³/mol. The van der Waals surface area contributed by atoms with E-state index >= 15 is 0 Å². The molecule has 0 spiro atoms. The van der Waals surface area contributed by atoms with Gasteiger partial charge in [-0.15, -0.1) is 0 Å². The minimum absolute atomic E-state index is 0.616. The molecule has 0 bridgehead atoms. The van der Waals surface area contributed by atoms with E-state index in [1.807, 2.05) is 0 Å². The van der Waals surface area contributed by atoms with Gasteiger partial charge in [0.1, 0.15) is 0 Å². The second-order valence-corrected chi connectivity index (χ2v) is 7.08. The molecular weight excluding hydrogens is 272 g/mol. The zero-order chi connectivity index (χ0) is 15.5. The van der Waals surface area contributed by atoms with Crippen LogP contribution in [0.5, 0.6) is 0 Å². The lowest BCUT2D eigenvalue weighted by Gasteiger charge is -2.39. The Hall–Kier alpha value is -1.06. The van der Waals surface area contributed by atoms with Crippen molar-refractivity contribution < 1.29 is 4.74 Å². The van der Waals surface area contributed by atoms with E-state index in [-0.39, 0.29) is 0 Å². The Morgan fingerprint density at radius 1 is 1.14 bits per heavy atom. The quantitative estimate of drug-likeness (QED) is 0.831. The fourth-order valence-corrected chi connectivity index (χ4v) is 3.60. The maximum absolute atomic E-state index is 5.29. The van der Waals surface area contributed by atoms with Gasteiger partial charge in [-0.05, 0) is 35.6 Å². The van der Waals surface area contributed by atoms with E-state index < -0.39 is 0 Å². The van der Waals surface area contributed by atoms with Gasteiger partial charge in [0.05, 0.1) is 13.2 Å². The summed E-state index contributed by atoms with van der Waals surface area (Å²) in [7, 11) is 0. The molecule has 0 atom stereocenters. The standard InChI is InChI=1S/C19H30N2O/c1-4-17-11-18(5-6-19(17)15(2)3)21-9-7-20(8-10-21)12-16-13-22-14-16/h5-6,11,15-16H,4,7-10,12-14H2,1-3H3. The topological polar surface area (TPSA) is 15.7 Å². The molecule has 3 nitrogen and oxygen atoms in total. The van der Waals surface area contributed by atoms with E-state index in [0.29, 0.717) is 5.92 Å². The predicted octanol–water partition coefficient (Wildman–Crippen LogP) is 3.14. The summed E-state index contributed by atoms with van der Waals surface area (Å²) >= 11 is 0. The van der Waals surface area contributed by atoms with Crippen LogP contribution in [0.25, 0.3) is 0 Å². The van der Waals surface area contributed by atoms with Gasteiger partial charge in [-0.1, -0.05) is 26.8 Å². The molecule has 0 amide bonds. The normalized spacial score (nSPS) is 20.5. The molecular formula is C19H30N2O. The zero-order valence-electron chi connectivity index (χ0n) is 14.3. The fraction of sp³-hybridized carbons (Fsp3) is 0.684. The Kier molecular flexibility index (Phi) is 5.04. The molecule has 2 fully saturated rings. The van der Waals surface area contributed by atoms with Gasteiger partial charge in [-0.3, -0.25) is 4.90 Å². The highest BCUT2D eigenvalue weighted by Gasteiger charge is 2.24. The molecule has 1 aromatic carbocycles. The molecule has 0 saturated carbocycles. The van der Waals surface area contributed by atoms with Gasteiger partial charge in [0.25, 0.3) is 0 Å². The lowest BCUT2D eigenvalue weighted by Crippen LogP contribution is -2.50. The van der Waals surface area contributed by atoms with E-state index in [0.717, 1.165) is 38.6 Å². The maximum Gasteiger partial charge on any atom is 0.0528 e. The van der Waals surface area contributed by atoms with Crippen LogP contribution in [0.15, 0.2) is 18.2 Å². The minimum atomic E-state index is 0.616. The Morgan fingerprint density at radius 2 is 1.86 bits per heavy atom. The van der Waals surface area contributed by atoms with Gasteiger partial charge in [-0.2, -0.15) is 0 Å². The van der Waals surface area contributed by atoms with Crippen molar-refractivity contribution in [1.29, 1.82) is 0 Å². The van der Waals surface area contributed by atoms with Crippen molar-refractivity contribution in [3.63, 3.8) is 0 Å². The minimum Gasteiger partial charge on any atom is -0.381 e. The van der Waals surface area contributed by atoms with Crippen LogP contribution in [0.4, 0.5) is 5.69 Å². The number of hydrogen-bond donors (Lipinski definition) is 0. The van der Waals surface area contributed by atoms with Crippen molar-refractivity contribution in [3.8, 4) is 0 Å². The number of anilines is 1. The molecule has 2 saturated heterocycles. The second kappa shape index (κ2) is 7.01. The summed E-state index contributed by atoms with van der Waals surface area (Å²) in [6, 6.07) is 7.09. The molecule has 0 unspecified atom stereocenters. The average Bonchev–Trinajstić information content (AvgIpc) is 2.50. The highest BCUT2D eigenvalue weighted by molar-refractivity contribution is 5.52. The number of hydrogen-bond acceptors (Lipinski definition) is 3. The van der Waals surface area contributed by atoms with Crippen LogP contribution >= 0.6 is 0 Å². The molecule has 22 heavy (non-hydrogen) atoms. The molecule has 3 heteroatoms. The van der Waals surface area contributed by atoms with Crippen LogP contribution in [-0.2, 0) is 11.2 Å². The number of rotatable bonds is 5. The van der Waals surface area contributed by atoms with Gasteiger partial charge in [-0.25, -0.2) is 0 Å². The smallest absolute Gasteiger partial charge is 0.0528 e. The number of piperazine rings is 1. The highest BCUT2D eigenvalue weighted by Crippen LogP contribution is 2.26. The summed E-state index contributed by atoms with van der Waals surface area (Å²) in [4.78, 5) is 5.16. The lowest BCUT2D eigenvalue weighted by atomic mass is 9.95. The van der Waals surface area contributed by atoms with Crippen molar-refractivity contribution >= 4 is 5.69 Å². The van der Waals surface area contributed by atoms with Crippen LogP contribution < -0.4 is 4.90 Å². The number of ether oxygens (including phenoxy) is 1. The summed E-state index contributed by atoms with van der Waals surface area (Å²) in [5.74, 6) is 1.40. The Morgan fingerprint density at radius 3 is 2.41 bits per heavy atom. The third-order valence-corrected chi connectivity index (χ3v) is 5.09. The summed E-state index contributed by atoms with van der Waals surface area (Å²) in [6.07, 6.45) is 1.13. The van der Waals surface area contributed by atoms with Gasteiger partial charge >= 0.3 is 0 Å². The Bertz CT molecular complexity index is 488.